The highest BCUT2D eigenvalue weighted by molar-refractivity contribution is 5.88. The molecule has 2 aromatic heterocycles. The SMILES string of the molecule is CCOC(=O)c1[nH]ncc1CN1CCN(Cc2ccc(C)o2)C(CCO)C1. The highest BCUT2D eigenvalue weighted by Crippen LogP contribution is 2.20. The summed E-state index contributed by atoms with van der Waals surface area (Å²) in [6.07, 6.45) is 2.39. The number of piperazine rings is 1. The Labute approximate surface area is 159 Å². The second-order valence-electron chi connectivity index (χ2n) is 6.87. The molecule has 2 aromatic rings. The molecule has 8 heteroatoms. The molecule has 148 valence electrons. The third-order valence-corrected chi connectivity index (χ3v) is 4.90. The molecule has 2 N–H and O–H groups in total. The van der Waals surface area contributed by atoms with E-state index in [0.29, 0.717) is 25.3 Å². The molecular weight excluding hydrogens is 348 g/mol. The molecule has 0 aliphatic carbocycles. The van der Waals surface area contributed by atoms with E-state index in [4.69, 9.17) is 9.15 Å². The molecule has 3 heterocycles. The minimum absolute atomic E-state index is 0.145. The van der Waals surface area contributed by atoms with Crippen LogP contribution in [0.1, 0.15) is 40.9 Å². The number of aliphatic hydroxyl groups excluding tert-OH is 1. The van der Waals surface area contributed by atoms with Gasteiger partial charge in [-0.3, -0.25) is 14.9 Å². The number of nitrogens with zero attached hydrogens (tertiary/aromatic N) is 3. The van der Waals surface area contributed by atoms with E-state index in [2.05, 4.69) is 20.0 Å². The largest absolute Gasteiger partial charge is 0.465 e. The van der Waals surface area contributed by atoms with Crippen molar-refractivity contribution in [3.8, 4) is 0 Å². The van der Waals surface area contributed by atoms with Gasteiger partial charge in [0.1, 0.15) is 17.2 Å². The van der Waals surface area contributed by atoms with Gasteiger partial charge < -0.3 is 14.3 Å². The number of carbonyl (C=O) groups is 1. The average molecular weight is 376 g/mol. The second kappa shape index (κ2) is 9.16. The predicted octanol–water partition coefficient (Wildman–Crippen LogP) is 1.56. The zero-order valence-corrected chi connectivity index (χ0v) is 16.0. The maximum atomic E-state index is 12.0. The molecule has 1 fully saturated rings. The number of ether oxygens (including phenoxy) is 1. The van der Waals surface area contributed by atoms with Gasteiger partial charge in [0.15, 0.2) is 0 Å². The van der Waals surface area contributed by atoms with E-state index in [1.54, 1.807) is 13.1 Å². The standard InChI is InChI=1S/C19H28N4O4/c1-3-26-19(25)18-15(10-20-21-18)11-22-7-8-23(16(12-22)6-9-24)13-17-5-4-14(2)27-17/h4-5,10,16,24H,3,6-9,11-13H2,1-2H3,(H,20,21). The van der Waals surface area contributed by atoms with Crippen LogP contribution >= 0.6 is 0 Å². The van der Waals surface area contributed by atoms with Gasteiger partial charge in [0.25, 0.3) is 0 Å². The molecule has 1 atom stereocenters. The summed E-state index contributed by atoms with van der Waals surface area (Å²) in [5.41, 5.74) is 1.26. The summed E-state index contributed by atoms with van der Waals surface area (Å²) < 4.78 is 10.8. The molecule has 1 aliphatic heterocycles. The van der Waals surface area contributed by atoms with E-state index in [1.807, 2.05) is 19.1 Å². The zero-order chi connectivity index (χ0) is 19.2. The van der Waals surface area contributed by atoms with Crippen LogP contribution in [0.2, 0.25) is 0 Å². The van der Waals surface area contributed by atoms with Gasteiger partial charge in [-0.25, -0.2) is 4.79 Å². The molecule has 8 nitrogen and oxygen atoms in total. The fourth-order valence-corrected chi connectivity index (χ4v) is 3.55. The normalized spacial score (nSPS) is 18.7. The van der Waals surface area contributed by atoms with Crippen LogP contribution in [0.25, 0.3) is 0 Å². The summed E-state index contributed by atoms with van der Waals surface area (Å²) in [7, 11) is 0. The number of furan rings is 1. The van der Waals surface area contributed by atoms with Crippen LogP contribution in [0.4, 0.5) is 0 Å². The lowest BCUT2D eigenvalue weighted by Gasteiger charge is -2.41. The Morgan fingerprint density at radius 2 is 2.26 bits per heavy atom. The minimum Gasteiger partial charge on any atom is -0.465 e. The topological polar surface area (TPSA) is 94.8 Å². The first-order chi connectivity index (χ1) is 13.1. The lowest BCUT2D eigenvalue weighted by atomic mass is 10.1. The van der Waals surface area contributed by atoms with Crippen molar-refractivity contribution in [3.05, 3.63) is 41.1 Å². The van der Waals surface area contributed by atoms with Gasteiger partial charge in [0, 0.05) is 44.4 Å². The summed E-state index contributed by atoms with van der Waals surface area (Å²) in [5, 5.41) is 16.2. The van der Waals surface area contributed by atoms with Crippen molar-refractivity contribution in [2.75, 3.05) is 32.8 Å². The van der Waals surface area contributed by atoms with Crippen molar-refractivity contribution in [1.29, 1.82) is 0 Å². The van der Waals surface area contributed by atoms with Crippen molar-refractivity contribution in [1.82, 2.24) is 20.0 Å². The molecule has 1 saturated heterocycles. The lowest BCUT2D eigenvalue weighted by molar-refractivity contribution is 0.0440. The third kappa shape index (κ3) is 4.97. The van der Waals surface area contributed by atoms with E-state index >= 15 is 0 Å². The minimum atomic E-state index is -0.372. The van der Waals surface area contributed by atoms with E-state index in [1.165, 1.54) is 0 Å². The van der Waals surface area contributed by atoms with Crippen molar-refractivity contribution in [2.24, 2.45) is 0 Å². The summed E-state index contributed by atoms with van der Waals surface area (Å²) in [4.78, 5) is 16.7. The van der Waals surface area contributed by atoms with Crippen LogP contribution in [0.15, 0.2) is 22.7 Å². The Morgan fingerprint density at radius 3 is 2.96 bits per heavy atom. The highest BCUT2D eigenvalue weighted by atomic mass is 16.5. The Morgan fingerprint density at radius 1 is 1.41 bits per heavy atom. The van der Waals surface area contributed by atoms with Crippen LogP contribution in [0.3, 0.4) is 0 Å². The van der Waals surface area contributed by atoms with E-state index in [0.717, 1.165) is 43.3 Å². The van der Waals surface area contributed by atoms with Crippen LogP contribution in [-0.4, -0.2) is 70.0 Å². The van der Waals surface area contributed by atoms with Gasteiger partial charge in [-0.1, -0.05) is 0 Å². The molecular formula is C19H28N4O4. The first-order valence-electron chi connectivity index (χ1n) is 9.42. The number of aliphatic hydroxyl groups is 1. The van der Waals surface area contributed by atoms with Crippen molar-refractivity contribution < 1.29 is 19.1 Å². The first-order valence-corrected chi connectivity index (χ1v) is 9.42. The van der Waals surface area contributed by atoms with E-state index < -0.39 is 0 Å². The quantitative estimate of drug-likeness (QED) is 0.675. The molecule has 0 aromatic carbocycles. The van der Waals surface area contributed by atoms with Crippen LogP contribution in [0.5, 0.6) is 0 Å². The maximum absolute atomic E-state index is 12.0. The molecule has 0 spiro atoms. The number of aromatic amines is 1. The Kier molecular flexibility index (Phi) is 6.65. The second-order valence-corrected chi connectivity index (χ2v) is 6.87. The fraction of sp³-hybridized carbons (Fsp3) is 0.579. The molecule has 27 heavy (non-hydrogen) atoms. The Balaban J connectivity index is 1.63. The number of esters is 1. The maximum Gasteiger partial charge on any atom is 0.356 e. The van der Waals surface area contributed by atoms with E-state index in [9.17, 15) is 9.90 Å². The molecule has 0 radical (unpaired) electrons. The first kappa shape index (κ1) is 19.6. The van der Waals surface area contributed by atoms with Crippen molar-refractivity contribution in [3.63, 3.8) is 0 Å². The summed E-state index contributed by atoms with van der Waals surface area (Å²) in [5.74, 6) is 1.49. The monoisotopic (exact) mass is 376 g/mol. The van der Waals surface area contributed by atoms with Gasteiger partial charge in [-0.05, 0) is 32.4 Å². The average Bonchev–Trinajstić information content (AvgIpc) is 3.26. The van der Waals surface area contributed by atoms with Gasteiger partial charge in [-0.2, -0.15) is 5.10 Å². The Bertz CT molecular complexity index is 742. The number of aromatic nitrogens is 2. The van der Waals surface area contributed by atoms with Crippen LogP contribution in [-0.2, 0) is 17.8 Å². The van der Waals surface area contributed by atoms with Gasteiger partial charge in [0.05, 0.1) is 19.3 Å². The molecule has 3 rings (SSSR count). The number of aryl methyl sites for hydroxylation is 1. The van der Waals surface area contributed by atoms with Crippen LogP contribution in [0, 0.1) is 6.92 Å². The Hall–Kier alpha value is -2.16. The highest BCUT2D eigenvalue weighted by Gasteiger charge is 2.28. The molecule has 0 amide bonds. The number of hydrogen-bond acceptors (Lipinski definition) is 7. The van der Waals surface area contributed by atoms with Gasteiger partial charge in [-0.15, -0.1) is 0 Å². The smallest absolute Gasteiger partial charge is 0.356 e. The number of H-pyrrole nitrogens is 1. The number of rotatable bonds is 8. The van der Waals surface area contributed by atoms with Gasteiger partial charge in [0.2, 0.25) is 0 Å². The molecule has 0 saturated carbocycles. The van der Waals surface area contributed by atoms with Crippen molar-refractivity contribution in [2.45, 2.75) is 39.4 Å². The van der Waals surface area contributed by atoms with E-state index in [-0.39, 0.29) is 18.6 Å². The summed E-state index contributed by atoms with van der Waals surface area (Å²) in [6, 6.07) is 4.21. The zero-order valence-electron chi connectivity index (χ0n) is 16.0. The predicted molar refractivity (Wildman–Crippen MR) is 99.2 cm³/mol. The molecule has 1 unspecified atom stereocenters. The molecule has 1 aliphatic rings. The summed E-state index contributed by atoms with van der Waals surface area (Å²) >= 11 is 0. The third-order valence-electron chi connectivity index (χ3n) is 4.90. The van der Waals surface area contributed by atoms with Gasteiger partial charge >= 0.3 is 5.97 Å². The number of carbonyl (C=O) groups excluding carboxylic acids is 1. The van der Waals surface area contributed by atoms with Crippen molar-refractivity contribution >= 4 is 5.97 Å². The fourth-order valence-electron chi connectivity index (χ4n) is 3.55. The van der Waals surface area contributed by atoms with Crippen LogP contribution < -0.4 is 0 Å². The number of nitrogens with one attached hydrogen (secondary N) is 1. The summed E-state index contributed by atoms with van der Waals surface area (Å²) in [6.45, 7) is 8.13. The lowest BCUT2D eigenvalue weighted by Crippen LogP contribution is -2.52. The number of hydrogen-bond donors (Lipinski definition) is 2. The molecule has 0 bridgehead atoms.